The lowest BCUT2D eigenvalue weighted by molar-refractivity contribution is 0.150. The fourth-order valence-electron chi connectivity index (χ4n) is 0.809. The summed E-state index contributed by atoms with van der Waals surface area (Å²) in [5.41, 5.74) is 6.02. The largest absolute Gasteiger partial charge is 0.325 e. The van der Waals surface area contributed by atoms with Gasteiger partial charge in [-0.1, -0.05) is 0 Å². The van der Waals surface area contributed by atoms with Crippen LogP contribution in [0.5, 0.6) is 0 Å². The molecule has 1 rings (SSSR count). The number of alkyl halides is 2. The van der Waals surface area contributed by atoms with E-state index in [9.17, 15) is 8.78 Å². The first-order valence-electron chi connectivity index (χ1n) is 3.39. The molecule has 0 unspecified atom stereocenters. The van der Waals surface area contributed by atoms with E-state index in [-0.39, 0.29) is 12.1 Å². The average Bonchev–Trinajstić information content (AvgIpc) is 2.09. The van der Waals surface area contributed by atoms with E-state index in [0.717, 1.165) is 3.57 Å². The van der Waals surface area contributed by atoms with Gasteiger partial charge in [0.15, 0.2) is 0 Å². The molecule has 1 aromatic rings. The Bertz CT molecular complexity index is 318. The zero-order valence-corrected chi connectivity index (χ0v) is 10.7. The van der Waals surface area contributed by atoms with E-state index in [1.54, 1.807) is 0 Å². The standard InChI is InChI=1S/C7H6F2I2N2/c8-7(9)3-2-13-4(1-12)6(11)5(3)10/h2,7H,1,12H2. The Hall–Kier alpha value is 0.430. The van der Waals surface area contributed by atoms with Gasteiger partial charge in [-0.25, -0.2) is 8.78 Å². The molecule has 0 spiro atoms. The molecule has 6 heteroatoms. The van der Waals surface area contributed by atoms with Crippen LogP contribution in [0.3, 0.4) is 0 Å². The Kier molecular flexibility index (Phi) is 4.23. The van der Waals surface area contributed by atoms with Crippen molar-refractivity contribution in [2.45, 2.75) is 13.0 Å². The fraction of sp³-hybridized carbons (Fsp3) is 0.286. The summed E-state index contributed by atoms with van der Waals surface area (Å²) in [5, 5.41) is 0. The minimum atomic E-state index is -2.47. The molecule has 0 aromatic carbocycles. The summed E-state index contributed by atoms with van der Waals surface area (Å²) < 4.78 is 26.0. The zero-order valence-electron chi connectivity index (χ0n) is 6.40. The van der Waals surface area contributed by atoms with E-state index in [1.165, 1.54) is 6.20 Å². The fourth-order valence-corrected chi connectivity index (χ4v) is 2.17. The number of halogens is 4. The number of nitrogens with two attached hydrogens (primary N) is 1. The molecule has 1 heterocycles. The van der Waals surface area contributed by atoms with Gasteiger partial charge >= 0.3 is 0 Å². The van der Waals surface area contributed by atoms with Crippen LogP contribution in [0.2, 0.25) is 0 Å². The van der Waals surface area contributed by atoms with Crippen molar-refractivity contribution in [3.05, 3.63) is 24.6 Å². The van der Waals surface area contributed by atoms with Crippen LogP contribution in [0.15, 0.2) is 6.20 Å². The van der Waals surface area contributed by atoms with Crippen LogP contribution in [0.4, 0.5) is 8.78 Å². The molecule has 0 radical (unpaired) electrons. The highest BCUT2D eigenvalue weighted by Crippen LogP contribution is 2.28. The first-order chi connectivity index (χ1) is 6.07. The second-order valence-corrected chi connectivity index (χ2v) is 4.45. The van der Waals surface area contributed by atoms with E-state index in [4.69, 9.17) is 5.73 Å². The second-order valence-electron chi connectivity index (χ2n) is 2.29. The highest BCUT2D eigenvalue weighted by atomic mass is 127. The SMILES string of the molecule is NCc1ncc(C(F)F)c(I)c1I. The zero-order chi connectivity index (χ0) is 10.0. The molecule has 2 N–H and O–H groups in total. The highest BCUT2D eigenvalue weighted by molar-refractivity contribution is 14.1. The molecular formula is C7H6F2I2N2. The third kappa shape index (κ3) is 2.46. The second kappa shape index (κ2) is 4.78. The maximum atomic E-state index is 12.4. The number of pyridine rings is 1. The molecule has 0 atom stereocenters. The van der Waals surface area contributed by atoms with Crippen molar-refractivity contribution in [1.82, 2.24) is 4.98 Å². The van der Waals surface area contributed by atoms with Crippen molar-refractivity contribution < 1.29 is 8.78 Å². The van der Waals surface area contributed by atoms with Crippen LogP contribution < -0.4 is 5.73 Å². The summed E-state index contributed by atoms with van der Waals surface area (Å²) in [7, 11) is 0. The molecule has 1 aromatic heterocycles. The lowest BCUT2D eigenvalue weighted by atomic mass is 10.2. The monoisotopic (exact) mass is 410 g/mol. The van der Waals surface area contributed by atoms with Gasteiger partial charge in [0.05, 0.1) is 11.3 Å². The van der Waals surface area contributed by atoms with E-state index in [0.29, 0.717) is 9.26 Å². The van der Waals surface area contributed by atoms with E-state index < -0.39 is 6.43 Å². The third-order valence-corrected chi connectivity index (χ3v) is 4.84. The number of nitrogens with zero attached hydrogens (tertiary/aromatic N) is 1. The van der Waals surface area contributed by atoms with Crippen LogP contribution in [-0.2, 0) is 6.54 Å². The van der Waals surface area contributed by atoms with E-state index >= 15 is 0 Å². The van der Waals surface area contributed by atoms with Crippen molar-refractivity contribution in [1.29, 1.82) is 0 Å². The third-order valence-electron chi connectivity index (χ3n) is 1.49. The predicted molar refractivity (Wildman–Crippen MR) is 62.5 cm³/mol. The summed E-state index contributed by atoms with van der Waals surface area (Å²) in [6.07, 6.45) is -1.28. The minimum absolute atomic E-state index is 0.0257. The maximum absolute atomic E-state index is 12.4. The Morgan fingerprint density at radius 3 is 2.46 bits per heavy atom. The molecule has 0 aliphatic rings. The number of aromatic nitrogens is 1. The van der Waals surface area contributed by atoms with Crippen molar-refractivity contribution in [3.8, 4) is 0 Å². The number of hydrogen-bond acceptors (Lipinski definition) is 2. The van der Waals surface area contributed by atoms with Crippen molar-refractivity contribution >= 4 is 45.2 Å². The van der Waals surface area contributed by atoms with Gasteiger partial charge in [-0.3, -0.25) is 4.98 Å². The molecule has 72 valence electrons. The minimum Gasteiger partial charge on any atom is -0.325 e. The van der Waals surface area contributed by atoms with Gasteiger partial charge in [-0.2, -0.15) is 0 Å². The molecule has 0 bridgehead atoms. The average molecular weight is 410 g/mol. The van der Waals surface area contributed by atoms with Crippen LogP contribution in [0.25, 0.3) is 0 Å². The number of rotatable bonds is 2. The molecule has 0 aliphatic carbocycles. The molecular weight excluding hydrogens is 404 g/mol. The Morgan fingerprint density at radius 1 is 1.38 bits per heavy atom. The number of hydrogen-bond donors (Lipinski definition) is 1. The molecule has 0 saturated carbocycles. The lowest BCUT2D eigenvalue weighted by Gasteiger charge is -2.07. The highest BCUT2D eigenvalue weighted by Gasteiger charge is 2.16. The molecule has 0 amide bonds. The maximum Gasteiger partial charge on any atom is 0.266 e. The first-order valence-corrected chi connectivity index (χ1v) is 5.54. The van der Waals surface area contributed by atoms with Gasteiger partial charge in [0.25, 0.3) is 6.43 Å². The predicted octanol–water partition coefficient (Wildman–Crippen LogP) is 2.69. The summed E-state index contributed by atoms with van der Waals surface area (Å²) >= 11 is 3.87. The van der Waals surface area contributed by atoms with Crippen molar-refractivity contribution in [2.24, 2.45) is 5.73 Å². The molecule has 13 heavy (non-hydrogen) atoms. The molecule has 0 saturated heterocycles. The van der Waals surface area contributed by atoms with Crippen molar-refractivity contribution in [3.63, 3.8) is 0 Å². The summed E-state index contributed by atoms with van der Waals surface area (Å²) in [4.78, 5) is 3.86. The summed E-state index contributed by atoms with van der Waals surface area (Å²) in [6.45, 7) is 0.276. The quantitative estimate of drug-likeness (QED) is 0.763. The van der Waals surface area contributed by atoms with E-state index in [1.807, 2.05) is 45.2 Å². The topological polar surface area (TPSA) is 38.9 Å². The lowest BCUT2D eigenvalue weighted by Crippen LogP contribution is -2.06. The van der Waals surface area contributed by atoms with Crippen LogP contribution in [0, 0.1) is 7.14 Å². The van der Waals surface area contributed by atoms with Gasteiger partial charge < -0.3 is 5.73 Å². The smallest absolute Gasteiger partial charge is 0.266 e. The Morgan fingerprint density at radius 2 is 2.00 bits per heavy atom. The Labute approximate surface area is 102 Å². The molecule has 0 aliphatic heterocycles. The van der Waals surface area contributed by atoms with Crippen LogP contribution in [-0.4, -0.2) is 4.98 Å². The summed E-state index contributed by atoms with van der Waals surface area (Å²) in [6, 6.07) is 0. The molecule has 2 nitrogen and oxygen atoms in total. The van der Waals surface area contributed by atoms with Gasteiger partial charge in [0.1, 0.15) is 0 Å². The normalized spacial score (nSPS) is 10.9. The Balaban J connectivity index is 3.23. The van der Waals surface area contributed by atoms with E-state index in [2.05, 4.69) is 4.98 Å². The van der Waals surface area contributed by atoms with Crippen molar-refractivity contribution in [2.75, 3.05) is 0 Å². The van der Waals surface area contributed by atoms with Gasteiger partial charge in [-0.05, 0) is 45.2 Å². The first kappa shape index (κ1) is 11.5. The van der Waals surface area contributed by atoms with Crippen LogP contribution in [0.1, 0.15) is 17.7 Å². The molecule has 0 fully saturated rings. The van der Waals surface area contributed by atoms with Gasteiger partial charge in [-0.15, -0.1) is 0 Å². The van der Waals surface area contributed by atoms with Gasteiger partial charge in [0.2, 0.25) is 0 Å². The summed E-state index contributed by atoms with van der Waals surface area (Å²) in [5.74, 6) is 0. The van der Waals surface area contributed by atoms with Crippen LogP contribution >= 0.6 is 45.2 Å². The van der Waals surface area contributed by atoms with Gasteiger partial charge in [0, 0.05) is 19.9 Å².